The third-order valence-electron chi connectivity index (χ3n) is 1.22. The van der Waals surface area contributed by atoms with Gasteiger partial charge in [-0.15, -0.1) is 0 Å². The lowest BCUT2D eigenvalue weighted by atomic mass is 10.8. The maximum Gasteiger partial charge on any atom is 0.347 e. The molecule has 0 aliphatic heterocycles. The Balaban J connectivity index is 4.09. The van der Waals surface area contributed by atoms with Gasteiger partial charge in [0.2, 0.25) is 0 Å². The van der Waals surface area contributed by atoms with Crippen LogP contribution in [0.2, 0.25) is 0 Å². The average Bonchev–Trinajstić information content (AvgIpc) is 2.11. The van der Waals surface area contributed by atoms with Crippen LogP contribution in [0.3, 0.4) is 0 Å². The van der Waals surface area contributed by atoms with E-state index in [1.165, 1.54) is 6.92 Å². The van der Waals surface area contributed by atoms with E-state index in [0.29, 0.717) is 0 Å². The highest BCUT2D eigenvalue weighted by molar-refractivity contribution is 7.54. The molecule has 0 spiro atoms. The van der Waals surface area contributed by atoms with Crippen LogP contribution in [-0.4, -0.2) is 42.4 Å². The van der Waals surface area contributed by atoms with Crippen molar-refractivity contribution in [3.05, 3.63) is 0 Å². The average molecular weight is 213 g/mol. The molecule has 0 aromatic heterocycles. The third kappa shape index (κ3) is 4.71. The minimum Gasteiger partial charge on any atom is -0.394 e. The summed E-state index contributed by atoms with van der Waals surface area (Å²) >= 11 is 0. The predicted molar refractivity (Wildman–Crippen MR) is 47.3 cm³/mol. The highest BCUT2D eigenvalue weighted by atomic mass is 31.2. The number of hydrogen-bond donors (Lipinski definition) is 3. The maximum absolute atomic E-state index is 11.6. The van der Waals surface area contributed by atoms with Crippen molar-refractivity contribution in [3.8, 4) is 0 Å². The van der Waals surface area contributed by atoms with E-state index >= 15 is 0 Å². The largest absolute Gasteiger partial charge is 0.394 e. The quantitative estimate of drug-likeness (QED) is 0.493. The van der Waals surface area contributed by atoms with E-state index in [1.807, 2.05) is 0 Å². The number of hydrogen-bond acceptors (Lipinski definition) is 6. The molecule has 1 unspecified atom stereocenters. The van der Waals surface area contributed by atoms with Crippen molar-refractivity contribution >= 4 is 7.60 Å². The summed E-state index contributed by atoms with van der Waals surface area (Å²) < 4.78 is 21.2. The van der Waals surface area contributed by atoms with Gasteiger partial charge in [0.1, 0.15) is 5.78 Å². The Hall–Kier alpha value is 0.0300. The molecule has 4 N–H and O–H groups in total. The monoisotopic (exact) mass is 213 g/mol. The molecule has 13 heavy (non-hydrogen) atoms. The second kappa shape index (κ2) is 6.48. The molecule has 7 heteroatoms. The van der Waals surface area contributed by atoms with Crippen LogP contribution < -0.4 is 5.73 Å². The first-order valence-corrected chi connectivity index (χ1v) is 5.54. The summed E-state index contributed by atoms with van der Waals surface area (Å²) in [4.78, 5) is 0. The van der Waals surface area contributed by atoms with Gasteiger partial charge in [-0.2, -0.15) is 0 Å². The Morgan fingerprint density at radius 2 is 1.69 bits per heavy atom. The molecule has 0 saturated heterocycles. The number of rotatable bonds is 7. The Morgan fingerprint density at radius 1 is 1.31 bits per heavy atom. The second-order valence-corrected chi connectivity index (χ2v) is 4.80. The molecule has 0 saturated carbocycles. The van der Waals surface area contributed by atoms with E-state index < -0.39 is 13.4 Å². The molecule has 0 rings (SSSR count). The zero-order valence-corrected chi connectivity index (χ0v) is 8.44. The minimum absolute atomic E-state index is 0.0930. The minimum atomic E-state index is -3.37. The lowest BCUT2D eigenvalue weighted by Crippen LogP contribution is -2.20. The Morgan fingerprint density at radius 3 is 1.92 bits per heavy atom. The van der Waals surface area contributed by atoms with Gasteiger partial charge in [0.25, 0.3) is 0 Å². The second-order valence-electron chi connectivity index (χ2n) is 2.39. The van der Waals surface area contributed by atoms with E-state index in [1.54, 1.807) is 0 Å². The van der Waals surface area contributed by atoms with E-state index in [2.05, 4.69) is 0 Å². The topological polar surface area (TPSA) is 102 Å². The molecule has 0 aromatic rings. The van der Waals surface area contributed by atoms with Crippen LogP contribution in [0.5, 0.6) is 0 Å². The van der Waals surface area contributed by atoms with Crippen LogP contribution in [0.1, 0.15) is 6.92 Å². The number of aliphatic hydroxyl groups is 2. The lowest BCUT2D eigenvalue weighted by molar-refractivity contribution is 0.137. The van der Waals surface area contributed by atoms with Crippen LogP contribution >= 0.6 is 7.60 Å². The summed E-state index contributed by atoms with van der Waals surface area (Å²) in [5.41, 5.74) is 5.38. The van der Waals surface area contributed by atoms with Gasteiger partial charge in [-0.3, -0.25) is 4.57 Å². The summed E-state index contributed by atoms with van der Waals surface area (Å²) in [6.45, 7) is 0.794. The van der Waals surface area contributed by atoms with Crippen LogP contribution in [0.4, 0.5) is 0 Å². The molecule has 0 heterocycles. The molecule has 0 amide bonds. The first-order valence-electron chi connectivity index (χ1n) is 3.93. The highest BCUT2D eigenvalue weighted by Gasteiger charge is 2.29. The summed E-state index contributed by atoms with van der Waals surface area (Å²) in [7, 11) is -3.37. The Labute approximate surface area is 77.2 Å². The molecule has 0 aliphatic carbocycles. The van der Waals surface area contributed by atoms with Crippen molar-refractivity contribution in [1.82, 2.24) is 0 Å². The van der Waals surface area contributed by atoms with E-state index in [9.17, 15) is 4.57 Å². The SMILES string of the molecule is CC(N)P(=O)(OCCO)OCCO. The fraction of sp³-hybridized carbons (Fsp3) is 1.00. The van der Waals surface area contributed by atoms with Crippen molar-refractivity contribution < 1.29 is 23.8 Å². The zero-order valence-electron chi connectivity index (χ0n) is 7.55. The third-order valence-corrected chi connectivity index (χ3v) is 3.31. The van der Waals surface area contributed by atoms with Gasteiger partial charge in [0.05, 0.1) is 26.4 Å². The molecule has 80 valence electrons. The number of nitrogens with two attached hydrogens (primary N) is 1. The van der Waals surface area contributed by atoms with Crippen LogP contribution in [-0.2, 0) is 13.6 Å². The van der Waals surface area contributed by atoms with E-state index in [0.717, 1.165) is 0 Å². The summed E-state index contributed by atoms with van der Waals surface area (Å²) in [5.74, 6) is -0.773. The molecule has 1 atom stereocenters. The Kier molecular flexibility index (Phi) is 6.49. The summed E-state index contributed by atoms with van der Waals surface area (Å²) in [6.07, 6.45) is 0. The summed E-state index contributed by atoms with van der Waals surface area (Å²) in [5, 5.41) is 16.9. The maximum atomic E-state index is 11.6. The molecule has 0 aromatic carbocycles. The molecular formula is C6H16NO5P. The van der Waals surface area contributed by atoms with Crippen molar-refractivity contribution in [2.45, 2.75) is 12.7 Å². The fourth-order valence-electron chi connectivity index (χ4n) is 0.609. The van der Waals surface area contributed by atoms with Gasteiger partial charge in [0, 0.05) is 0 Å². The Bertz CT molecular complexity index is 162. The smallest absolute Gasteiger partial charge is 0.347 e. The van der Waals surface area contributed by atoms with Gasteiger partial charge in [-0.1, -0.05) is 0 Å². The first-order chi connectivity index (χ1) is 6.06. The fourth-order valence-corrected chi connectivity index (χ4v) is 1.83. The zero-order chi connectivity index (χ0) is 10.3. The van der Waals surface area contributed by atoms with Crippen molar-refractivity contribution in [1.29, 1.82) is 0 Å². The van der Waals surface area contributed by atoms with Gasteiger partial charge in [-0.05, 0) is 6.92 Å². The first kappa shape index (κ1) is 13.0. The van der Waals surface area contributed by atoms with Gasteiger partial charge < -0.3 is 25.0 Å². The molecule has 6 nitrogen and oxygen atoms in total. The van der Waals surface area contributed by atoms with Crippen LogP contribution in [0.25, 0.3) is 0 Å². The van der Waals surface area contributed by atoms with Crippen LogP contribution in [0.15, 0.2) is 0 Å². The normalized spacial score (nSPS) is 14.5. The number of aliphatic hydroxyl groups excluding tert-OH is 2. The van der Waals surface area contributed by atoms with Gasteiger partial charge in [-0.25, -0.2) is 0 Å². The van der Waals surface area contributed by atoms with Gasteiger partial charge >= 0.3 is 7.60 Å². The highest BCUT2D eigenvalue weighted by Crippen LogP contribution is 2.50. The standard InChI is InChI=1S/C6H16NO5P/c1-6(7)13(10,11-4-2-8)12-5-3-9/h6,8-9H,2-5,7H2,1H3. The van der Waals surface area contributed by atoms with Crippen molar-refractivity contribution in [2.75, 3.05) is 26.4 Å². The molecule has 0 aliphatic rings. The molecular weight excluding hydrogens is 197 g/mol. The van der Waals surface area contributed by atoms with Crippen molar-refractivity contribution in [2.24, 2.45) is 5.73 Å². The molecule has 0 radical (unpaired) electrons. The van der Waals surface area contributed by atoms with E-state index in [4.69, 9.17) is 25.0 Å². The van der Waals surface area contributed by atoms with E-state index in [-0.39, 0.29) is 26.4 Å². The molecule has 0 fully saturated rings. The molecule has 0 bridgehead atoms. The summed E-state index contributed by atoms with van der Waals surface area (Å²) in [6, 6.07) is 0. The van der Waals surface area contributed by atoms with Crippen LogP contribution in [0, 0.1) is 0 Å². The van der Waals surface area contributed by atoms with Crippen molar-refractivity contribution in [3.63, 3.8) is 0 Å². The lowest BCUT2D eigenvalue weighted by Gasteiger charge is -2.20. The predicted octanol–water partition coefficient (Wildman–Crippen LogP) is -0.498. The van der Waals surface area contributed by atoms with Gasteiger partial charge in [0.15, 0.2) is 0 Å².